The summed E-state index contributed by atoms with van der Waals surface area (Å²) in [4.78, 5) is 0. The normalized spacial score (nSPS) is 23.1. The van der Waals surface area contributed by atoms with E-state index in [0.29, 0.717) is 0 Å². The van der Waals surface area contributed by atoms with Crippen molar-refractivity contribution in [3.05, 3.63) is 50.0 Å². The molecule has 0 aliphatic heterocycles. The molecule has 0 N–H and O–H groups in total. The van der Waals surface area contributed by atoms with Crippen molar-refractivity contribution in [3.63, 3.8) is 0 Å². The molecule has 23 heavy (non-hydrogen) atoms. The zero-order chi connectivity index (χ0) is 17.2. The third-order valence-electron chi connectivity index (χ3n) is 6.56. The molecule has 0 heterocycles. The summed E-state index contributed by atoms with van der Waals surface area (Å²) in [5, 5.41) is 0.970. The first-order valence-electron chi connectivity index (χ1n) is 8.19. The number of halogens is 1. The molecule has 0 aromatic rings. The van der Waals surface area contributed by atoms with Crippen LogP contribution in [0.3, 0.4) is 0 Å². The van der Waals surface area contributed by atoms with Gasteiger partial charge in [-0.25, -0.2) is 0 Å². The Hall–Kier alpha value is -0.166. The van der Waals surface area contributed by atoms with Gasteiger partial charge < -0.3 is 0 Å². The predicted octanol–water partition coefficient (Wildman–Crippen LogP) is 7.14. The van der Waals surface area contributed by atoms with E-state index in [0.717, 1.165) is 5.38 Å². The van der Waals surface area contributed by atoms with Crippen molar-refractivity contribution in [1.82, 2.24) is 0 Å². The van der Waals surface area contributed by atoms with Crippen molar-refractivity contribution in [1.29, 1.82) is 0 Å². The minimum atomic E-state index is 0. The van der Waals surface area contributed by atoms with Crippen LogP contribution in [0.25, 0.3) is 0 Å². The minimum absolute atomic E-state index is 0. The molecule has 0 spiro atoms. The molecule has 2 heteroatoms. The molecule has 0 bridgehead atoms. The van der Waals surface area contributed by atoms with Crippen LogP contribution in [0.1, 0.15) is 69.2 Å². The molecule has 0 unspecified atom stereocenters. The molecule has 0 aromatic heterocycles. The Morgan fingerprint density at radius 3 is 1.04 bits per heavy atom. The van der Waals surface area contributed by atoms with Gasteiger partial charge in [0.15, 0.2) is 0 Å². The summed E-state index contributed by atoms with van der Waals surface area (Å²) < 4.78 is 0. The summed E-state index contributed by atoms with van der Waals surface area (Å²) in [6.45, 7) is 22.6. The maximum Gasteiger partial charge on any atom is 2.00 e. The van der Waals surface area contributed by atoms with Crippen molar-refractivity contribution >= 4 is 11.6 Å². The molecule has 0 atom stereocenters. The third-order valence-corrected chi connectivity index (χ3v) is 6.94. The summed E-state index contributed by atoms with van der Waals surface area (Å²) in [7, 11) is 0. The van der Waals surface area contributed by atoms with Gasteiger partial charge in [-0.15, -0.1) is 33.4 Å². The van der Waals surface area contributed by atoms with Gasteiger partial charge in [-0.3, -0.25) is 0 Å². The van der Waals surface area contributed by atoms with Gasteiger partial charge in [-0.05, 0) is 24.7 Å². The van der Waals surface area contributed by atoms with Gasteiger partial charge in [0.25, 0.3) is 0 Å². The smallest absolute Gasteiger partial charge is 0.166 e. The standard InChI is InChI=1S/C21H30Cl.Ti/c1-11-13(3)17(20(7,8)15(11)5)19(22)18-14(4)12(2)16(6)21(18,9)10;/h1-10H3;/q-1;+2. The van der Waals surface area contributed by atoms with Gasteiger partial charge in [0.2, 0.25) is 0 Å². The molecule has 124 valence electrons. The molecule has 2 aliphatic carbocycles. The van der Waals surface area contributed by atoms with E-state index in [4.69, 9.17) is 11.6 Å². The molecule has 2 rings (SSSR count). The molecule has 0 amide bonds. The van der Waals surface area contributed by atoms with E-state index in [9.17, 15) is 0 Å². The fraction of sp³-hybridized carbons (Fsp3) is 0.571. The molecular weight excluding hydrogens is 336 g/mol. The maximum absolute atomic E-state index is 7.06. The van der Waals surface area contributed by atoms with Crippen LogP contribution in [0.2, 0.25) is 0 Å². The van der Waals surface area contributed by atoms with Crippen LogP contribution < -0.4 is 0 Å². The molecule has 0 saturated heterocycles. The average molecular weight is 366 g/mol. The Balaban J connectivity index is 0.00000264. The molecule has 0 aromatic carbocycles. The Kier molecular flexibility index (Phi) is 5.70. The van der Waals surface area contributed by atoms with E-state index in [1.807, 2.05) is 0 Å². The van der Waals surface area contributed by atoms with E-state index in [1.54, 1.807) is 0 Å². The second-order valence-corrected chi connectivity index (χ2v) is 8.44. The van der Waals surface area contributed by atoms with Gasteiger partial charge in [-0.2, -0.15) is 11.6 Å². The fourth-order valence-electron chi connectivity index (χ4n) is 4.19. The fourth-order valence-corrected chi connectivity index (χ4v) is 4.95. The Morgan fingerprint density at radius 1 is 0.609 bits per heavy atom. The second kappa shape index (κ2) is 6.28. The zero-order valence-corrected chi connectivity index (χ0v) is 18.7. The van der Waals surface area contributed by atoms with Crippen LogP contribution in [-0.4, -0.2) is 0 Å². The quantitative estimate of drug-likeness (QED) is 0.360. The minimum Gasteiger partial charge on any atom is -0.166 e. The third kappa shape index (κ3) is 2.76. The number of hydrogen-bond donors (Lipinski definition) is 0. The van der Waals surface area contributed by atoms with Crippen molar-refractivity contribution in [2.24, 2.45) is 10.8 Å². The Morgan fingerprint density at radius 2 is 0.870 bits per heavy atom. The maximum atomic E-state index is 7.06. The van der Waals surface area contributed by atoms with Crippen LogP contribution in [0.15, 0.2) is 44.6 Å². The van der Waals surface area contributed by atoms with Gasteiger partial charge >= 0.3 is 21.7 Å². The first-order valence-corrected chi connectivity index (χ1v) is 8.57. The molecule has 0 nitrogen and oxygen atoms in total. The number of allylic oxidation sites excluding steroid dienone is 8. The summed E-state index contributed by atoms with van der Waals surface area (Å²) >= 11 is 7.06. The van der Waals surface area contributed by atoms with Crippen LogP contribution in [-0.2, 0) is 21.7 Å². The average Bonchev–Trinajstić information content (AvgIpc) is 2.66. The Bertz CT molecular complexity index is 608. The zero-order valence-electron chi connectivity index (χ0n) is 16.4. The van der Waals surface area contributed by atoms with E-state index in [1.165, 1.54) is 44.6 Å². The van der Waals surface area contributed by atoms with Gasteiger partial charge in [0, 0.05) is 0 Å². The second-order valence-electron chi connectivity index (χ2n) is 8.06. The summed E-state index contributed by atoms with van der Waals surface area (Å²) in [5.74, 6) is 0. The summed E-state index contributed by atoms with van der Waals surface area (Å²) in [6.07, 6.45) is 0. The molecule has 0 fully saturated rings. The molecule has 0 radical (unpaired) electrons. The van der Waals surface area contributed by atoms with Crippen molar-refractivity contribution < 1.29 is 21.7 Å². The summed E-state index contributed by atoms with van der Waals surface area (Å²) in [5.41, 5.74) is 11.0. The van der Waals surface area contributed by atoms with E-state index in [-0.39, 0.29) is 32.5 Å². The van der Waals surface area contributed by atoms with Crippen molar-refractivity contribution in [3.8, 4) is 0 Å². The Labute approximate surface area is 163 Å². The van der Waals surface area contributed by atoms with Gasteiger partial charge in [0.1, 0.15) is 0 Å². The van der Waals surface area contributed by atoms with Crippen LogP contribution in [0, 0.1) is 16.2 Å². The monoisotopic (exact) mass is 365 g/mol. The number of rotatable bonds is 2. The van der Waals surface area contributed by atoms with Crippen LogP contribution in [0.5, 0.6) is 0 Å². The molecule has 2 aliphatic rings. The predicted molar refractivity (Wildman–Crippen MR) is 98.8 cm³/mol. The van der Waals surface area contributed by atoms with Crippen molar-refractivity contribution in [2.45, 2.75) is 69.2 Å². The SMILES string of the molecule is CC1=C(C)C(C)(C)C([C-](Cl)C2=C(C)C(C)=C(C)C2(C)C)=C1C.[Ti+2]. The van der Waals surface area contributed by atoms with Gasteiger partial charge in [0.05, 0.1) is 0 Å². The number of hydrogen-bond acceptors (Lipinski definition) is 0. The summed E-state index contributed by atoms with van der Waals surface area (Å²) in [6, 6.07) is 0. The first kappa shape index (κ1) is 20.9. The topological polar surface area (TPSA) is 0 Å². The molecule has 0 saturated carbocycles. The first-order chi connectivity index (χ1) is 9.86. The van der Waals surface area contributed by atoms with Gasteiger partial charge in [-0.1, -0.05) is 71.9 Å². The molecular formula is C21H30ClTi+. The van der Waals surface area contributed by atoms with E-state index in [2.05, 4.69) is 69.2 Å². The van der Waals surface area contributed by atoms with E-state index < -0.39 is 0 Å². The van der Waals surface area contributed by atoms with Crippen LogP contribution in [0.4, 0.5) is 0 Å². The van der Waals surface area contributed by atoms with E-state index >= 15 is 0 Å². The van der Waals surface area contributed by atoms with Crippen LogP contribution >= 0.6 is 11.6 Å². The van der Waals surface area contributed by atoms with Crippen molar-refractivity contribution in [2.75, 3.05) is 0 Å². The largest absolute Gasteiger partial charge is 2.00 e.